The van der Waals surface area contributed by atoms with Gasteiger partial charge < -0.3 is 37.0 Å². The van der Waals surface area contributed by atoms with Gasteiger partial charge in [0.15, 0.2) is 0 Å². The molecule has 27 heavy (non-hydrogen) atoms. The first kappa shape index (κ1) is 44.3. The molecule has 0 aromatic carbocycles. The van der Waals surface area contributed by atoms with Crippen molar-refractivity contribution in [3.05, 3.63) is 0 Å². The highest BCUT2D eigenvalue weighted by molar-refractivity contribution is 5.63. The van der Waals surface area contributed by atoms with Gasteiger partial charge in [-0.1, -0.05) is 13.8 Å². The fourth-order valence-electron chi connectivity index (χ4n) is 0. The van der Waals surface area contributed by atoms with Crippen molar-refractivity contribution in [2.75, 3.05) is 19.8 Å². The van der Waals surface area contributed by atoms with E-state index in [1.165, 1.54) is 0 Å². The Hall–Kier alpha value is -2.36. The molecule has 14 nitrogen and oxygen atoms in total. The van der Waals surface area contributed by atoms with Crippen LogP contribution < -0.4 is 11.5 Å². The molecule has 14 heteroatoms. The normalized spacial score (nSPS) is 6.81. The number of aliphatic hydroxyl groups is 1. The van der Waals surface area contributed by atoms with Crippen LogP contribution in [0, 0.1) is 0 Å². The third-order valence-corrected chi connectivity index (χ3v) is 0.293. The zero-order chi connectivity index (χ0) is 24.0. The van der Waals surface area contributed by atoms with E-state index in [1.807, 2.05) is 13.8 Å². The standard InChI is InChI=1S/C2H8N2.4C2H4O2.C2H6.CH5NO3/c3-1-2-4;4*1-2(3)4;1-2;3-1-2(4)5/h1-4H2;4*1H3,(H,3,4);1-2H3;3-5H,1H2. The van der Waals surface area contributed by atoms with Crippen LogP contribution in [0.1, 0.15) is 41.5 Å². The SMILES string of the molecule is CC.CC(=O)O.CC(=O)O.CC(=O)O.CC(=O)O.NCCN.OCN(O)O. The summed E-state index contributed by atoms with van der Waals surface area (Å²) in [6, 6.07) is 0. The molecule has 0 aliphatic rings. The first-order valence-electron chi connectivity index (χ1n) is 7.06. The van der Waals surface area contributed by atoms with E-state index in [1.54, 1.807) is 0 Å². The van der Waals surface area contributed by atoms with E-state index in [-0.39, 0.29) is 5.23 Å². The lowest BCUT2D eigenvalue weighted by Gasteiger charge is -1.94. The minimum Gasteiger partial charge on any atom is -0.481 e. The Balaban J connectivity index is -0.0000000350. The molecule has 0 fully saturated rings. The summed E-state index contributed by atoms with van der Waals surface area (Å²) >= 11 is 0. The minimum atomic E-state index is -0.833. The van der Waals surface area contributed by atoms with Crippen molar-refractivity contribution in [1.82, 2.24) is 5.23 Å². The molecule has 0 radical (unpaired) electrons. The first-order chi connectivity index (χ1) is 12.1. The van der Waals surface area contributed by atoms with Crippen LogP contribution in [0.25, 0.3) is 0 Å². The predicted octanol–water partition coefficient (Wildman–Crippen LogP) is -0.690. The van der Waals surface area contributed by atoms with Crippen LogP contribution in [-0.4, -0.2) is 84.9 Å². The van der Waals surface area contributed by atoms with Crippen molar-refractivity contribution in [2.45, 2.75) is 41.5 Å². The summed E-state index contributed by atoms with van der Waals surface area (Å²) in [5.74, 6) is -3.33. The van der Waals surface area contributed by atoms with Crippen LogP contribution in [-0.2, 0) is 19.2 Å². The Morgan fingerprint density at radius 2 is 0.741 bits per heavy atom. The van der Waals surface area contributed by atoms with Crippen LogP contribution >= 0.6 is 0 Å². The Bertz CT molecular complexity index is 248. The van der Waals surface area contributed by atoms with E-state index >= 15 is 0 Å². The maximum Gasteiger partial charge on any atom is 0.300 e. The predicted molar refractivity (Wildman–Crippen MR) is 95.2 cm³/mol. The summed E-state index contributed by atoms with van der Waals surface area (Å²) in [7, 11) is 0. The number of hydrogen-bond donors (Lipinski definition) is 9. The number of hydrogen-bond acceptors (Lipinski definition) is 10. The van der Waals surface area contributed by atoms with Crippen LogP contribution in [0.5, 0.6) is 0 Å². The summed E-state index contributed by atoms with van der Waals surface area (Å²) in [6.45, 7) is 8.78. The fraction of sp³-hybridized carbons (Fsp3) is 0.692. The number of aliphatic carboxylic acids is 4. The summed E-state index contributed by atoms with van der Waals surface area (Å²) in [4.78, 5) is 36.0. The molecule has 0 unspecified atom stereocenters. The molecule has 0 bridgehead atoms. The Kier molecular flexibility index (Phi) is 81.2. The highest BCUT2D eigenvalue weighted by atomic mass is 16.8. The number of carboxylic acids is 4. The Labute approximate surface area is 158 Å². The third kappa shape index (κ3) is 27000. The summed E-state index contributed by atoms with van der Waals surface area (Å²) in [5.41, 5.74) is 9.81. The van der Waals surface area contributed by atoms with E-state index in [2.05, 4.69) is 0 Å². The molecule has 11 N–H and O–H groups in total. The van der Waals surface area contributed by atoms with Gasteiger partial charge in [-0.25, -0.2) is 0 Å². The van der Waals surface area contributed by atoms with Gasteiger partial charge in [-0.3, -0.25) is 29.6 Å². The molecule has 0 heterocycles. The highest BCUT2D eigenvalue weighted by Gasteiger charge is 1.78. The number of aliphatic hydroxyl groups excluding tert-OH is 1. The topological polar surface area (TPSA) is 265 Å². The Morgan fingerprint density at radius 3 is 0.741 bits per heavy atom. The quantitative estimate of drug-likeness (QED) is 0.202. The summed E-state index contributed by atoms with van der Waals surface area (Å²) < 4.78 is 0. The van der Waals surface area contributed by atoms with Crippen molar-refractivity contribution in [1.29, 1.82) is 0 Å². The van der Waals surface area contributed by atoms with Crippen molar-refractivity contribution >= 4 is 23.9 Å². The average Bonchev–Trinajstić information content (AvgIpc) is 2.47. The van der Waals surface area contributed by atoms with Gasteiger partial charge in [-0.05, 0) is 5.23 Å². The maximum absolute atomic E-state index is 9.00. The molecule has 0 aliphatic heterocycles. The molecule has 0 saturated carbocycles. The lowest BCUT2D eigenvalue weighted by molar-refractivity contribution is -0.335. The third-order valence-electron chi connectivity index (χ3n) is 0.293. The number of rotatable bonds is 2. The van der Waals surface area contributed by atoms with E-state index in [9.17, 15) is 0 Å². The van der Waals surface area contributed by atoms with Gasteiger partial charge >= 0.3 is 0 Å². The zero-order valence-corrected chi connectivity index (χ0v) is 16.5. The van der Waals surface area contributed by atoms with Crippen molar-refractivity contribution in [3.8, 4) is 0 Å². The van der Waals surface area contributed by atoms with Crippen molar-refractivity contribution in [2.24, 2.45) is 11.5 Å². The van der Waals surface area contributed by atoms with Gasteiger partial charge in [0.2, 0.25) is 0 Å². The van der Waals surface area contributed by atoms with Crippen molar-refractivity contribution < 1.29 is 55.1 Å². The van der Waals surface area contributed by atoms with E-state index in [0.29, 0.717) is 13.1 Å². The van der Waals surface area contributed by atoms with Gasteiger partial charge in [0.1, 0.15) is 6.73 Å². The minimum absolute atomic E-state index is 0.319. The number of carboxylic acid groups (broad SMARTS) is 4. The van der Waals surface area contributed by atoms with Crippen LogP contribution in [0.3, 0.4) is 0 Å². The molecule has 0 aromatic rings. The molecule has 0 rings (SSSR count). The van der Waals surface area contributed by atoms with E-state index in [0.717, 1.165) is 27.7 Å². The maximum atomic E-state index is 9.00. The van der Waals surface area contributed by atoms with Gasteiger partial charge in [0.25, 0.3) is 23.9 Å². The summed E-state index contributed by atoms with van der Waals surface area (Å²) in [5, 5.41) is 51.9. The molecule has 0 amide bonds. The molecule has 0 aromatic heterocycles. The van der Waals surface area contributed by atoms with Crippen LogP contribution in [0.15, 0.2) is 0 Å². The lowest BCUT2D eigenvalue weighted by Crippen LogP contribution is -2.13. The van der Waals surface area contributed by atoms with Gasteiger partial charge in [-0.15, -0.1) is 0 Å². The van der Waals surface area contributed by atoms with Gasteiger partial charge in [0, 0.05) is 40.8 Å². The zero-order valence-electron chi connectivity index (χ0n) is 16.5. The second-order valence-corrected chi connectivity index (χ2v) is 3.17. The van der Waals surface area contributed by atoms with Crippen LogP contribution in [0.4, 0.5) is 0 Å². The number of carbonyl (C=O) groups is 4. The van der Waals surface area contributed by atoms with Gasteiger partial charge in [0.05, 0.1) is 0 Å². The number of hydroxylamine groups is 2. The summed E-state index contributed by atoms with van der Waals surface area (Å²) in [6.07, 6.45) is 0. The van der Waals surface area contributed by atoms with Crippen LogP contribution in [0.2, 0.25) is 0 Å². The smallest absolute Gasteiger partial charge is 0.300 e. The molecule has 0 spiro atoms. The van der Waals surface area contributed by atoms with E-state index < -0.39 is 30.6 Å². The lowest BCUT2D eigenvalue weighted by atomic mass is 10.7. The molecule has 0 saturated heterocycles. The first-order valence-corrected chi connectivity index (χ1v) is 7.06. The average molecular weight is 409 g/mol. The van der Waals surface area contributed by atoms with Gasteiger partial charge in [-0.2, -0.15) is 0 Å². The Morgan fingerprint density at radius 1 is 0.667 bits per heavy atom. The molecule has 0 atom stereocenters. The molecular formula is C13H35N3O11. The molecule has 0 aliphatic carbocycles. The fourth-order valence-corrected chi connectivity index (χ4v) is 0. The second-order valence-electron chi connectivity index (χ2n) is 3.17. The second kappa shape index (κ2) is 49.5. The molecule has 168 valence electrons. The molecular weight excluding hydrogens is 374 g/mol. The van der Waals surface area contributed by atoms with E-state index in [4.69, 9.17) is 66.6 Å². The number of nitrogens with zero attached hydrogens (tertiary/aromatic N) is 1. The highest BCUT2D eigenvalue weighted by Crippen LogP contribution is 1.57. The number of nitrogens with two attached hydrogens (primary N) is 2. The van der Waals surface area contributed by atoms with Crippen molar-refractivity contribution in [3.63, 3.8) is 0 Å². The largest absolute Gasteiger partial charge is 0.481 e. The monoisotopic (exact) mass is 409 g/mol.